The van der Waals surface area contributed by atoms with E-state index in [0.29, 0.717) is 39.1 Å². The van der Waals surface area contributed by atoms with Crippen LogP contribution in [-0.2, 0) is 0 Å². The second kappa shape index (κ2) is 7.84. The van der Waals surface area contributed by atoms with Crippen LogP contribution >= 0.6 is 11.8 Å². The Morgan fingerprint density at radius 3 is 2.45 bits per heavy atom. The van der Waals surface area contributed by atoms with Crippen LogP contribution in [-0.4, -0.2) is 28.9 Å². The maximum Gasteiger partial charge on any atom is 0.407 e. The molecule has 3 aromatic rings. The van der Waals surface area contributed by atoms with Gasteiger partial charge in [-0.05, 0) is 25.1 Å². The Hall–Kier alpha value is -3.46. The number of pyridine rings is 1. The summed E-state index contributed by atoms with van der Waals surface area (Å²) in [5, 5.41) is 9.51. The van der Waals surface area contributed by atoms with Crippen molar-refractivity contribution in [2.24, 2.45) is 4.99 Å². The van der Waals surface area contributed by atoms with Crippen molar-refractivity contribution in [1.82, 2.24) is 10.3 Å². The van der Waals surface area contributed by atoms with Crippen molar-refractivity contribution < 1.29 is 13.2 Å². The fraction of sp³-hybridized carbons (Fsp3) is 0.167. The summed E-state index contributed by atoms with van der Waals surface area (Å²) in [6.45, 7) is 1.22. The molecule has 0 amide bonds. The number of nitrogens with one attached hydrogen (secondary N) is 3. The standard InChI is InChI=1S/C24H20F3N5S/c1-23(24(25,26)27)20(21-15-10-6-7-11-16(15)31-22(28-2)32-21)19-17(12-29-13-18(19)33-23)30-14-8-4-3-5-9-14/h3-13,30H,1-2H3,(H2,28,31,32). The number of alkyl halides is 3. The average Bonchev–Trinajstić information content (AvgIpc) is 3.13. The maximum atomic E-state index is 14.7. The molecule has 2 aliphatic rings. The van der Waals surface area contributed by atoms with Crippen LogP contribution in [0.3, 0.4) is 0 Å². The van der Waals surface area contributed by atoms with E-state index in [-0.39, 0.29) is 5.57 Å². The fourth-order valence-electron chi connectivity index (χ4n) is 4.08. The van der Waals surface area contributed by atoms with E-state index in [0.717, 1.165) is 17.4 Å². The summed E-state index contributed by atoms with van der Waals surface area (Å²) in [4.78, 5) is 8.86. The molecule has 2 aliphatic heterocycles. The van der Waals surface area contributed by atoms with Gasteiger partial charge in [-0.25, -0.2) is 0 Å². The number of aliphatic imine (C=N–C) groups is 1. The molecule has 0 fully saturated rings. The highest BCUT2D eigenvalue weighted by molar-refractivity contribution is 8.01. The SMILES string of the molecule is CN=C1NC(=C2c3c(Nc4ccccc4)cncc3SC2(C)C(F)(F)F)c2ccccc2N1. The van der Waals surface area contributed by atoms with E-state index in [4.69, 9.17) is 0 Å². The average molecular weight is 468 g/mol. The van der Waals surface area contributed by atoms with Crippen LogP contribution < -0.4 is 16.0 Å². The number of thioether (sulfide) groups is 1. The van der Waals surface area contributed by atoms with Gasteiger partial charge in [-0.15, -0.1) is 11.8 Å². The first-order chi connectivity index (χ1) is 15.8. The van der Waals surface area contributed by atoms with Crippen molar-refractivity contribution in [1.29, 1.82) is 0 Å². The zero-order chi connectivity index (χ0) is 23.2. The van der Waals surface area contributed by atoms with Crippen molar-refractivity contribution >= 4 is 46.1 Å². The van der Waals surface area contributed by atoms with Crippen molar-refractivity contribution in [3.63, 3.8) is 0 Å². The lowest BCUT2D eigenvalue weighted by molar-refractivity contribution is -0.140. The number of para-hydroxylation sites is 2. The minimum Gasteiger partial charge on any atom is -0.354 e. The molecule has 0 aliphatic carbocycles. The van der Waals surface area contributed by atoms with E-state index >= 15 is 0 Å². The number of guanidine groups is 1. The molecule has 0 saturated heterocycles. The van der Waals surface area contributed by atoms with Gasteiger partial charge in [0.25, 0.3) is 0 Å². The summed E-state index contributed by atoms with van der Waals surface area (Å²) >= 11 is 0.770. The van der Waals surface area contributed by atoms with Crippen molar-refractivity contribution in [2.75, 3.05) is 17.7 Å². The van der Waals surface area contributed by atoms with E-state index in [1.807, 2.05) is 42.5 Å². The number of nitrogens with zero attached hydrogens (tertiary/aromatic N) is 2. The van der Waals surface area contributed by atoms with Gasteiger partial charge in [0.1, 0.15) is 4.75 Å². The Morgan fingerprint density at radius 2 is 1.73 bits per heavy atom. The summed E-state index contributed by atoms with van der Waals surface area (Å²) in [5.41, 5.74) is 3.60. The van der Waals surface area contributed by atoms with Crippen molar-refractivity contribution in [3.05, 3.63) is 78.1 Å². The highest BCUT2D eigenvalue weighted by Gasteiger charge is 2.60. The Balaban J connectivity index is 1.81. The smallest absolute Gasteiger partial charge is 0.354 e. The summed E-state index contributed by atoms with van der Waals surface area (Å²) < 4.78 is 41.8. The van der Waals surface area contributed by atoms with Gasteiger partial charge < -0.3 is 16.0 Å². The Morgan fingerprint density at radius 1 is 1.00 bits per heavy atom. The van der Waals surface area contributed by atoms with Gasteiger partial charge >= 0.3 is 6.18 Å². The molecular weight excluding hydrogens is 447 g/mol. The highest BCUT2D eigenvalue weighted by Crippen LogP contribution is 2.62. The first-order valence-corrected chi connectivity index (χ1v) is 11.0. The first kappa shape index (κ1) is 21.4. The summed E-state index contributed by atoms with van der Waals surface area (Å²) in [5.74, 6) is 0.380. The molecule has 1 aromatic heterocycles. The van der Waals surface area contributed by atoms with E-state index in [1.165, 1.54) is 13.1 Å². The molecule has 2 aromatic carbocycles. The zero-order valence-electron chi connectivity index (χ0n) is 17.8. The lowest BCUT2D eigenvalue weighted by atomic mass is 9.87. The minimum absolute atomic E-state index is 0.144. The van der Waals surface area contributed by atoms with E-state index in [9.17, 15) is 13.2 Å². The molecular formula is C24H20F3N5S. The molecule has 0 spiro atoms. The van der Waals surface area contributed by atoms with Gasteiger partial charge in [0.2, 0.25) is 0 Å². The van der Waals surface area contributed by atoms with Crippen LogP contribution in [0.5, 0.6) is 0 Å². The second-order valence-corrected chi connectivity index (χ2v) is 9.26. The third-order valence-electron chi connectivity index (χ3n) is 5.71. The third-order valence-corrected chi connectivity index (χ3v) is 7.09. The fourth-order valence-corrected chi connectivity index (χ4v) is 5.37. The molecule has 9 heteroatoms. The minimum atomic E-state index is -4.52. The number of fused-ring (bicyclic) bond motifs is 2. The monoisotopic (exact) mass is 467 g/mol. The van der Waals surface area contributed by atoms with Gasteiger partial charge in [-0.1, -0.05) is 36.4 Å². The van der Waals surface area contributed by atoms with Crippen LogP contribution in [0.15, 0.2) is 76.9 Å². The number of benzene rings is 2. The predicted octanol–water partition coefficient (Wildman–Crippen LogP) is 6.12. The van der Waals surface area contributed by atoms with Gasteiger partial charge in [-0.3, -0.25) is 9.98 Å². The largest absolute Gasteiger partial charge is 0.407 e. The zero-order valence-corrected chi connectivity index (χ0v) is 18.6. The number of rotatable bonds is 2. The molecule has 5 nitrogen and oxygen atoms in total. The summed E-state index contributed by atoms with van der Waals surface area (Å²) in [6.07, 6.45) is -1.46. The van der Waals surface area contributed by atoms with Crippen LogP contribution in [0, 0.1) is 0 Å². The van der Waals surface area contributed by atoms with Gasteiger partial charge in [0.05, 0.1) is 23.3 Å². The molecule has 3 heterocycles. The number of halogens is 3. The molecule has 33 heavy (non-hydrogen) atoms. The van der Waals surface area contributed by atoms with Crippen LogP contribution in [0.25, 0.3) is 11.3 Å². The molecule has 0 bridgehead atoms. The molecule has 0 saturated carbocycles. The van der Waals surface area contributed by atoms with Crippen LogP contribution in [0.1, 0.15) is 18.1 Å². The van der Waals surface area contributed by atoms with Gasteiger partial charge in [0.15, 0.2) is 5.96 Å². The van der Waals surface area contributed by atoms with Crippen LogP contribution in [0.2, 0.25) is 0 Å². The Labute approximate surface area is 193 Å². The highest BCUT2D eigenvalue weighted by atomic mass is 32.2. The molecule has 3 N–H and O–H groups in total. The second-order valence-electron chi connectivity index (χ2n) is 7.80. The first-order valence-electron chi connectivity index (χ1n) is 10.2. The number of anilines is 3. The quantitative estimate of drug-likeness (QED) is 0.424. The van der Waals surface area contributed by atoms with Crippen molar-refractivity contribution in [2.45, 2.75) is 22.7 Å². The molecule has 168 valence electrons. The van der Waals surface area contributed by atoms with Crippen molar-refractivity contribution in [3.8, 4) is 0 Å². The van der Waals surface area contributed by atoms with Crippen LogP contribution in [0.4, 0.5) is 30.2 Å². The van der Waals surface area contributed by atoms with Gasteiger partial charge in [0, 0.05) is 40.5 Å². The molecule has 1 atom stereocenters. The molecule has 1 unspecified atom stereocenters. The Kier molecular flexibility index (Phi) is 5.08. The summed E-state index contributed by atoms with van der Waals surface area (Å²) in [6, 6.07) is 16.6. The normalized spacial score (nSPS) is 22.9. The lowest BCUT2D eigenvalue weighted by Gasteiger charge is -2.33. The third kappa shape index (κ3) is 3.52. The van der Waals surface area contributed by atoms with E-state index in [2.05, 4.69) is 25.9 Å². The number of hydrogen-bond donors (Lipinski definition) is 3. The topological polar surface area (TPSA) is 61.3 Å². The number of aromatic nitrogens is 1. The summed E-state index contributed by atoms with van der Waals surface area (Å²) in [7, 11) is 1.58. The maximum absolute atomic E-state index is 14.7. The predicted molar refractivity (Wildman–Crippen MR) is 128 cm³/mol. The molecule has 5 rings (SSSR count). The molecule has 0 radical (unpaired) electrons. The Bertz CT molecular complexity index is 1290. The van der Waals surface area contributed by atoms with E-state index < -0.39 is 10.9 Å². The lowest BCUT2D eigenvalue weighted by Crippen LogP contribution is -2.41. The number of hydrogen-bond acceptors (Lipinski definition) is 4. The van der Waals surface area contributed by atoms with E-state index in [1.54, 1.807) is 25.4 Å². The van der Waals surface area contributed by atoms with Gasteiger partial charge in [-0.2, -0.15) is 13.2 Å².